The monoisotopic (exact) mass is 256 g/mol. The number of carbonyl (C=O) groups excluding carboxylic acids is 1. The van der Waals surface area contributed by atoms with Crippen LogP contribution in [0.2, 0.25) is 0 Å². The summed E-state index contributed by atoms with van der Waals surface area (Å²) in [5.74, 6) is 1.49. The quantitative estimate of drug-likeness (QED) is 0.891. The van der Waals surface area contributed by atoms with E-state index < -0.39 is 0 Å². The van der Waals surface area contributed by atoms with Crippen LogP contribution in [0.1, 0.15) is 35.1 Å². The molecule has 5 heteroatoms. The molecule has 0 spiro atoms. The maximum Gasteiger partial charge on any atom is 0.272 e. The van der Waals surface area contributed by atoms with E-state index in [-0.39, 0.29) is 5.91 Å². The van der Waals surface area contributed by atoms with Crippen molar-refractivity contribution in [3.63, 3.8) is 0 Å². The van der Waals surface area contributed by atoms with Crippen molar-refractivity contribution in [3.8, 4) is 0 Å². The van der Waals surface area contributed by atoms with E-state index in [2.05, 4.69) is 15.0 Å². The van der Waals surface area contributed by atoms with Gasteiger partial charge < -0.3 is 9.88 Å². The number of imidazole rings is 1. The number of nitrogens with one attached hydrogen (secondary N) is 1. The largest absolute Gasteiger partial charge is 0.348 e. The average Bonchev–Trinajstić information content (AvgIpc) is 3.02. The summed E-state index contributed by atoms with van der Waals surface area (Å²) >= 11 is 0. The fraction of sp³-hybridized carbons (Fsp3) is 0.357. The summed E-state index contributed by atoms with van der Waals surface area (Å²) in [7, 11) is 0. The summed E-state index contributed by atoms with van der Waals surface area (Å²) in [6, 6.07) is 5.43. The average molecular weight is 256 g/mol. The zero-order valence-electron chi connectivity index (χ0n) is 10.6. The van der Waals surface area contributed by atoms with E-state index in [1.54, 1.807) is 18.5 Å². The first-order chi connectivity index (χ1) is 9.34. The van der Waals surface area contributed by atoms with Gasteiger partial charge >= 0.3 is 0 Å². The fourth-order valence-corrected chi connectivity index (χ4v) is 2.51. The Morgan fingerprint density at radius 3 is 2.68 bits per heavy atom. The Bertz CT molecular complexity index is 530. The van der Waals surface area contributed by atoms with Gasteiger partial charge in [0.2, 0.25) is 0 Å². The van der Waals surface area contributed by atoms with Crippen LogP contribution in [0.5, 0.6) is 0 Å². The number of likely N-dealkylation sites (tertiary alicyclic amines) is 1. The normalized spacial score (nSPS) is 16.5. The van der Waals surface area contributed by atoms with Crippen LogP contribution in [-0.2, 0) is 0 Å². The van der Waals surface area contributed by atoms with Crippen molar-refractivity contribution in [2.45, 2.75) is 18.8 Å². The van der Waals surface area contributed by atoms with Gasteiger partial charge in [-0.05, 0) is 25.0 Å². The Balaban J connectivity index is 1.63. The van der Waals surface area contributed by atoms with Crippen LogP contribution < -0.4 is 0 Å². The molecular weight excluding hydrogens is 240 g/mol. The van der Waals surface area contributed by atoms with Crippen LogP contribution in [-0.4, -0.2) is 38.8 Å². The molecule has 0 bridgehead atoms. The van der Waals surface area contributed by atoms with E-state index in [0.29, 0.717) is 11.6 Å². The molecule has 2 aromatic rings. The van der Waals surface area contributed by atoms with E-state index in [9.17, 15) is 4.79 Å². The maximum atomic E-state index is 12.2. The van der Waals surface area contributed by atoms with E-state index >= 15 is 0 Å². The number of aromatic nitrogens is 3. The molecular formula is C14H16N4O. The lowest BCUT2D eigenvalue weighted by Crippen LogP contribution is -2.38. The van der Waals surface area contributed by atoms with E-state index in [0.717, 1.165) is 31.8 Å². The van der Waals surface area contributed by atoms with Gasteiger partial charge in [-0.3, -0.25) is 9.78 Å². The summed E-state index contributed by atoms with van der Waals surface area (Å²) < 4.78 is 0. The lowest BCUT2D eigenvalue weighted by atomic mass is 9.96. The molecule has 1 saturated heterocycles. The van der Waals surface area contributed by atoms with E-state index in [1.165, 1.54) is 0 Å². The summed E-state index contributed by atoms with van der Waals surface area (Å²) in [6.07, 6.45) is 7.18. The molecule has 1 aliphatic rings. The number of H-pyrrole nitrogens is 1. The zero-order chi connectivity index (χ0) is 13.1. The number of pyridine rings is 1. The minimum Gasteiger partial charge on any atom is -0.348 e. The van der Waals surface area contributed by atoms with Gasteiger partial charge in [0.1, 0.15) is 11.5 Å². The Labute approximate surface area is 111 Å². The van der Waals surface area contributed by atoms with Crippen molar-refractivity contribution in [2.24, 2.45) is 0 Å². The summed E-state index contributed by atoms with van der Waals surface area (Å²) in [5.41, 5.74) is 0.527. The number of aromatic amines is 1. The van der Waals surface area contributed by atoms with Gasteiger partial charge in [0.05, 0.1) is 0 Å². The molecule has 1 amide bonds. The molecule has 3 rings (SSSR count). The molecule has 1 N–H and O–H groups in total. The summed E-state index contributed by atoms with van der Waals surface area (Å²) in [4.78, 5) is 25.7. The maximum absolute atomic E-state index is 12.2. The van der Waals surface area contributed by atoms with Crippen LogP contribution in [0.25, 0.3) is 0 Å². The van der Waals surface area contributed by atoms with Gasteiger partial charge in [-0.15, -0.1) is 0 Å². The highest BCUT2D eigenvalue weighted by atomic mass is 16.2. The number of amides is 1. The van der Waals surface area contributed by atoms with Crippen molar-refractivity contribution in [3.05, 3.63) is 48.3 Å². The van der Waals surface area contributed by atoms with Gasteiger partial charge in [0, 0.05) is 37.6 Å². The third-order valence-corrected chi connectivity index (χ3v) is 3.57. The number of nitrogens with zero attached hydrogens (tertiary/aromatic N) is 3. The molecule has 1 aliphatic heterocycles. The topological polar surface area (TPSA) is 61.9 Å². The number of rotatable bonds is 2. The van der Waals surface area contributed by atoms with Gasteiger partial charge in [-0.2, -0.15) is 0 Å². The molecule has 0 saturated carbocycles. The number of hydrogen-bond donors (Lipinski definition) is 1. The highest BCUT2D eigenvalue weighted by Crippen LogP contribution is 2.25. The molecule has 0 aromatic carbocycles. The third kappa shape index (κ3) is 2.50. The number of carbonyl (C=O) groups is 1. The van der Waals surface area contributed by atoms with Crippen molar-refractivity contribution in [1.29, 1.82) is 0 Å². The van der Waals surface area contributed by atoms with Crippen LogP contribution in [0, 0.1) is 0 Å². The number of hydrogen-bond acceptors (Lipinski definition) is 3. The molecule has 0 unspecified atom stereocenters. The molecule has 98 valence electrons. The van der Waals surface area contributed by atoms with Gasteiger partial charge in [0.25, 0.3) is 5.91 Å². The van der Waals surface area contributed by atoms with Gasteiger partial charge in [0.15, 0.2) is 0 Å². The van der Waals surface area contributed by atoms with E-state index in [1.807, 2.05) is 23.2 Å². The van der Waals surface area contributed by atoms with Crippen molar-refractivity contribution < 1.29 is 4.79 Å². The van der Waals surface area contributed by atoms with Crippen LogP contribution >= 0.6 is 0 Å². The van der Waals surface area contributed by atoms with Crippen LogP contribution in [0.3, 0.4) is 0 Å². The second-order valence-electron chi connectivity index (χ2n) is 4.76. The SMILES string of the molecule is O=C(c1ccccn1)N1CCC(c2ncc[nH]2)CC1. The molecule has 0 radical (unpaired) electrons. The second kappa shape index (κ2) is 5.22. The Morgan fingerprint density at radius 1 is 1.21 bits per heavy atom. The van der Waals surface area contributed by atoms with Crippen molar-refractivity contribution >= 4 is 5.91 Å². The molecule has 1 fully saturated rings. The molecule has 0 atom stereocenters. The van der Waals surface area contributed by atoms with Crippen LogP contribution in [0.4, 0.5) is 0 Å². The summed E-state index contributed by atoms with van der Waals surface area (Å²) in [6.45, 7) is 1.53. The minimum absolute atomic E-state index is 0.0264. The minimum atomic E-state index is 0.0264. The second-order valence-corrected chi connectivity index (χ2v) is 4.76. The first-order valence-corrected chi connectivity index (χ1v) is 6.54. The Hall–Kier alpha value is -2.17. The lowest BCUT2D eigenvalue weighted by molar-refractivity contribution is 0.0705. The summed E-state index contributed by atoms with van der Waals surface area (Å²) in [5, 5.41) is 0. The predicted molar refractivity (Wildman–Crippen MR) is 70.7 cm³/mol. The molecule has 5 nitrogen and oxygen atoms in total. The lowest BCUT2D eigenvalue weighted by Gasteiger charge is -2.30. The van der Waals surface area contributed by atoms with Crippen LogP contribution in [0.15, 0.2) is 36.8 Å². The zero-order valence-corrected chi connectivity index (χ0v) is 10.6. The Kier molecular flexibility index (Phi) is 3.27. The molecule has 0 aliphatic carbocycles. The number of piperidine rings is 1. The molecule has 3 heterocycles. The molecule has 19 heavy (non-hydrogen) atoms. The Morgan fingerprint density at radius 2 is 2.05 bits per heavy atom. The van der Waals surface area contributed by atoms with Gasteiger partial charge in [-0.25, -0.2) is 4.98 Å². The fourth-order valence-electron chi connectivity index (χ4n) is 2.51. The third-order valence-electron chi connectivity index (χ3n) is 3.57. The molecule has 2 aromatic heterocycles. The van der Waals surface area contributed by atoms with Gasteiger partial charge in [-0.1, -0.05) is 6.07 Å². The first-order valence-electron chi connectivity index (χ1n) is 6.54. The highest BCUT2D eigenvalue weighted by Gasteiger charge is 2.26. The smallest absolute Gasteiger partial charge is 0.272 e. The first kappa shape index (κ1) is 11.9. The predicted octanol–water partition coefficient (Wildman–Crippen LogP) is 1.82. The highest BCUT2D eigenvalue weighted by molar-refractivity contribution is 5.92. The van der Waals surface area contributed by atoms with Crippen molar-refractivity contribution in [2.75, 3.05) is 13.1 Å². The van der Waals surface area contributed by atoms with E-state index in [4.69, 9.17) is 0 Å². The standard InChI is InChI=1S/C14H16N4O/c19-14(12-3-1-2-6-15-12)18-9-4-11(5-10-18)13-16-7-8-17-13/h1-3,6-8,11H,4-5,9-10H2,(H,16,17). The van der Waals surface area contributed by atoms with Crippen molar-refractivity contribution in [1.82, 2.24) is 19.9 Å².